The van der Waals surface area contributed by atoms with Gasteiger partial charge in [0.25, 0.3) is 0 Å². The highest BCUT2D eigenvalue weighted by Gasteiger charge is 2.13. The second kappa shape index (κ2) is 8.14. The molecule has 2 nitrogen and oxygen atoms in total. The Bertz CT molecular complexity index is 623. The number of para-hydroxylation sites is 1. The third-order valence-electron chi connectivity index (χ3n) is 3.14. The lowest BCUT2D eigenvalue weighted by Gasteiger charge is -2.19. The standard InChI is InChI=1S/C17H19BrN2.C2H6/c1-17(2,3)13-10-8-12(9-11-13)16(19)20-15-7-5-4-6-14(15)18;1-2/h4-11H,1-3H3,(H2,19,20);1-2H3. The largest absolute Gasteiger partial charge is 0.383 e. The Morgan fingerprint density at radius 2 is 1.50 bits per heavy atom. The van der Waals surface area contributed by atoms with E-state index in [9.17, 15) is 0 Å². The van der Waals surface area contributed by atoms with Gasteiger partial charge in [0, 0.05) is 10.0 Å². The molecule has 0 atom stereocenters. The first-order valence-electron chi connectivity index (χ1n) is 7.57. The Balaban J connectivity index is 0.00000116. The summed E-state index contributed by atoms with van der Waals surface area (Å²) in [7, 11) is 0. The maximum absolute atomic E-state index is 6.08. The molecule has 0 aliphatic rings. The average Bonchev–Trinajstić information content (AvgIpc) is 2.51. The predicted molar refractivity (Wildman–Crippen MR) is 101 cm³/mol. The molecule has 0 amide bonds. The number of nitrogens with two attached hydrogens (primary N) is 1. The van der Waals surface area contributed by atoms with Crippen LogP contribution in [0, 0.1) is 0 Å². The quantitative estimate of drug-likeness (QED) is 0.532. The van der Waals surface area contributed by atoms with Gasteiger partial charge < -0.3 is 5.73 Å². The normalized spacial score (nSPS) is 11.6. The van der Waals surface area contributed by atoms with Gasteiger partial charge in [-0.05, 0) is 39.0 Å². The summed E-state index contributed by atoms with van der Waals surface area (Å²) in [5, 5.41) is 0. The van der Waals surface area contributed by atoms with Crippen LogP contribution in [-0.4, -0.2) is 5.84 Å². The lowest BCUT2D eigenvalue weighted by molar-refractivity contribution is 0.590. The first kappa shape index (κ1) is 18.4. The van der Waals surface area contributed by atoms with E-state index in [-0.39, 0.29) is 5.41 Å². The van der Waals surface area contributed by atoms with Gasteiger partial charge in [-0.25, -0.2) is 4.99 Å². The zero-order chi connectivity index (χ0) is 16.8. The van der Waals surface area contributed by atoms with Gasteiger partial charge in [0.2, 0.25) is 0 Å². The van der Waals surface area contributed by atoms with Crippen LogP contribution in [0.1, 0.15) is 45.7 Å². The fourth-order valence-corrected chi connectivity index (χ4v) is 2.25. The molecule has 0 spiro atoms. The van der Waals surface area contributed by atoms with E-state index in [0.29, 0.717) is 5.84 Å². The van der Waals surface area contributed by atoms with E-state index in [4.69, 9.17) is 5.73 Å². The first-order chi connectivity index (χ1) is 10.4. The highest BCUT2D eigenvalue weighted by Crippen LogP contribution is 2.25. The van der Waals surface area contributed by atoms with Crippen LogP contribution >= 0.6 is 15.9 Å². The van der Waals surface area contributed by atoms with Crippen molar-refractivity contribution in [1.29, 1.82) is 0 Å². The Hall–Kier alpha value is -1.61. The zero-order valence-electron chi connectivity index (χ0n) is 14.0. The van der Waals surface area contributed by atoms with Gasteiger partial charge in [0.1, 0.15) is 5.84 Å². The fraction of sp³-hybridized carbons (Fsp3) is 0.316. The maximum atomic E-state index is 6.08. The number of amidine groups is 1. The molecule has 0 radical (unpaired) electrons. The lowest BCUT2D eigenvalue weighted by atomic mass is 9.86. The Kier molecular flexibility index (Phi) is 6.82. The molecule has 0 bridgehead atoms. The smallest absolute Gasteiger partial charge is 0.131 e. The van der Waals surface area contributed by atoms with Crippen LogP contribution in [0.15, 0.2) is 58.0 Å². The molecular formula is C19H25BrN2. The van der Waals surface area contributed by atoms with Crippen LogP contribution in [-0.2, 0) is 5.41 Å². The van der Waals surface area contributed by atoms with Gasteiger partial charge in [-0.1, -0.05) is 71.0 Å². The number of nitrogens with zero attached hydrogens (tertiary/aromatic N) is 1. The minimum absolute atomic E-state index is 0.146. The van der Waals surface area contributed by atoms with Crippen molar-refractivity contribution in [2.75, 3.05) is 0 Å². The maximum Gasteiger partial charge on any atom is 0.131 e. The molecule has 0 heterocycles. The van der Waals surface area contributed by atoms with E-state index < -0.39 is 0 Å². The number of aliphatic imine (C=N–C) groups is 1. The van der Waals surface area contributed by atoms with Gasteiger partial charge >= 0.3 is 0 Å². The molecule has 2 aromatic rings. The molecule has 0 fully saturated rings. The molecule has 0 unspecified atom stereocenters. The van der Waals surface area contributed by atoms with Crippen molar-refractivity contribution in [2.45, 2.75) is 40.0 Å². The molecule has 0 saturated heterocycles. The van der Waals surface area contributed by atoms with Crippen molar-refractivity contribution in [3.63, 3.8) is 0 Å². The van der Waals surface area contributed by atoms with Crippen LogP contribution in [0.4, 0.5) is 5.69 Å². The van der Waals surface area contributed by atoms with Crippen molar-refractivity contribution in [3.8, 4) is 0 Å². The topological polar surface area (TPSA) is 38.4 Å². The average molecular weight is 361 g/mol. The highest BCUT2D eigenvalue weighted by molar-refractivity contribution is 9.10. The number of rotatable bonds is 2. The van der Waals surface area contributed by atoms with Crippen LogP contribution in [0.5, 0.6) is 0 Å². The minimum Gasteiger partial charge on any atom is -0.383 e. The van der Waals surface area contributed by atoms with Crippen molar-refractivity contribution in [3.05, 3.63) is 64.1 Å². The molecule has 0 aromatic heterocycles. The molecule has 2 N–H and O–H groups in total. The molecule has 0 saturated carbocycles. The van der Waals surface area contributed by atoms with Crippen LogP contribution < -0.4 is 5.73 Å². The molecule has 118 valence electrons. The summed E-state index contributed by atoms with van der Waals surface area (Å²) >= 11 is 3.47. The number of benzene rings is 2. The summed E-state index contributed by atoms with van der Waals surface area (Å²) in [6.07, 6.45) is 0. The summed E-state index contributed by atoms with van der Waals surface area (Å²) in [6, 6.07) is 16.0. The number of hydrogen-bond acceptors (Lipinski definition) is 1. The third-order valence-corrected chi connectivity index (χ3v) is 3.81. The van der Waals surface area contributed by atoms with Crippen molar-refractivity contribution >= 4 is 27.5 Å². The SMILES string of the molecule is CC.CC(C)(C)c1ccc(C(N)=Nc2ccccc2Br)cc1. The molecule has 2 rings (SSSR count). The summed E-state index contributed by atoms with van der Waals surface area (Å²) in [6.45, 7) is 10.6. The highest BCUT2D eigenvalue weighted by atomic mass is 79.9. The Morgan fingerprint density at radius 3 is 2.00 bits per heavy atom. The van der Waals surface area contributed by atoms with Crippen LogP contribution in [0.3, 0.4) is 0 Å². The van der Waals surface area contributed by atoms with Gasteiger partial charge in [-0.15, -0.1) is 0 Å². The molecular weight excluding hydrogens is 336 g/mol. The van der Waals surface area contributed by atoms with E-state index in [1.807, 2.05) is 50.2 Å². The third kappa shape index (κ3) is 4.99. The van der Waals surface area contributed by atoms with E-state index in [1.54, 1.807) is 0 Å². The van der Waals surface area contributed by atoms with E-state index in [2.05, 4.69) is 53.8 Å². The minimum atomic E-state index is 0.146. The van der Waals surface area contributed by atoms with Gasteiger partial charge in [0.15, 0.2) is 0 Å². The van der Waals surface area contributed by atoms with Crippen LogP contribution in [0.25, 0.3) is 0 Å². The van der Waals surface area contributed by atoms with Gasteiger partial charge in [-0.3, -0.25) is 0 Å². The second-order valence-corrected chi connectivity index (χ2v) is 6.63. The summed E-state index contributed by atoms with van der Waals surface area (Å²) in [5.74, 6) is 0.525. The summed E-state index contributed by atoms with van der Waals surface area (Å²) in [5.41, 5.74) is 9.29. The van der Waals surface area contributed by atoms with Crippen LogP contribution in [0.2, 0.25) is 0 Å². The van der Waals surface area contributed by atoms with Gasteiger partial charge in [-0.2, -0.15) is 0 Å². The van der Waals surface area contributed by atoms with Crippen molar-refractivity contribution in [2.24, 2.45) is 10.7 Å². The van der Waals surface area contributed by atoms with Gasteiger partial charge in [0.05, 0.1) is 5.69 Å². The van der Waals surface area contributed by atoms with E-state index in [0.717, 1.165) is 15.7 Å². The molecule has 3 heteroatoms. The number of halogens is 1. The van der Waals surface area contributed by atoms with E-state index >= 15 is 0 Å². The Labute approximate surface area is 142 Å². The molecule has 22 heavy (non-hydrogen) atoms. The second-order valence-electron chi connectivity index (χ2n) is 5.78. The predicted octanol–water partition coefficient (Wildman–Crippen LogP) is 5.81. The summed E-state index contributed by atoms with van der Waals surface area (Å²) in [4.78, 5) is 4.47. The Morgan fingerprint density at radius 1 is 0.955 bits per heavy atom. The zero-order valence-corrected chi connectivity index (χ0v) is 15.6. The molecule has 2 aromatic carbocycles. The first-order valence-corrected chi connectivity index (χ1v) is 8.37. The fourth-order valence-electron chi connectivity index (χ4n) is 1.88. The molecule has 0 aliphatic heterocycles. The van der Waals surface area contributed by atoms with Crippen molar-refractivity contribution < 1.29 is 0 Å². The lowest BCUT2D eigenvalue weighted by Crippen LogP contribution is -2.15. The van der Waals surface area contributed by atoms with Crippen molar-refractivity contribution in [1.82, 2.24) is 0 Å². The number of hydrogen-bond donors (Lipinski definition) is 1. The van der Waals surface area contributed by atoms with E-state index in [1.165, 1.54) is 5.56 Å². The summed E-state index contributed by atoms with van der Waals surface area (Å²) < 4.78 is 0.939. The molecule has 0 aliphatic carbocycles. The monoisotopic (exact) mass is 360 g/mol.